The van der Waals surface area contributed by atoms with E-state index in [0.29, 0.717) is 0 Å². The minimum absolute atomic E-state index is 0.923. The van der Waals surface area contributed by atoms with Crippen molar-refractivity contribution in [2.75, 3.05) is 0 Å². The Labute approximate surface area is 418 Å². The van der Waals surface area contributed by atoms with Gasteiger partial charge in [0, 0.05) is 34.6 Å². The normalized spacial score (nSPS) is 11.2. The van der Waals surface area contributed by atoms with E-state index in [0.717, 1.165) is 61.7 Å². The van der Waals surface area contributed by atoms with Crippen LogP contribution in [0.3, 0.4) is 0 Å². The first kappa shape index (κ1) is 47.0. The van der Waals surface area contributed by atoms with Crippen molar-refractivity contribution in [2.24, 2.45) is 0 Å². The molecule has 3 nitrogen and oxygen atoms in total. The largest absolute Gasteiger partial charge is 0.256 e. The van der Waals surface area contributed by atoms with Crippen molar-refractivity contribution in [2.45, 2.75) is 20.8 Å². The van der Waals surface area contributed by atoms with Gasteiger partial charge < -0.3 is 0 Å². The number of allylic oxidation sites excluding steroid dienone is 7. The maximum atomic E-state index is 4.97. The zero-order valence-corrected chi connectivity index (χ0v) is 40.6. The number of benzene rings is 8. The van der Waals surface area contributed by atoms with Gasteiger partial charge in [0.05, 0.1) is 22.8 Å². The van der Waals surface area contributed by atoms with Crippen LogP contribution < -0.4 is 0 Å². The van der Waals surface area contributed by atoms with Crippen molar-refractivity contribution in [1.29, 1.82) is 0 Å². The van der Waals surface area contributed by atoms with Crippen LogP contribution in [0.5, 0.6) is 0 Å². The van der Waals surface area contributed by atoms with E-state index in [9.17, 15) is 0 Å². The third-order valence-corrected chi connectivity index (χ3v) is 12.7. The van der Waals surface area contributed by atoms with Crippen LogP contribution in [0, 0.1) is 0 Å². The number of hydrogen-bond acceptors (Lipinski definition) is 3. The number of rotatable bonds is 10. The van der Waals surface area contributed by atoms with Gasteiger partial charge in [-0.25, -0.2) is 4.98 Å². The highest BCUT2D eigenvalue weighted by Crippen LogP contribution is 2.43. The first-order valence-corrected chi connectivity index (χ1v) is 24.0. The van der Waals surface area contributed by atoms with Crippen molar-refractivity contribution >= 4 is 37.9 Å². The van der Waals surface area contributed by atoms with E-state index in [-0.39, 0.29) is 0 Å². The van der Waals surface area contributed by atoms with E-state index < -0.39 is 0 Å². The van der Waals surface area contributed by atoms with Gasteiger partial charge in [0.25, 0.3) is 0 Å². The summed E-state index contributed by atoms with van der Waals surface area (Å²) in [5, 5.41) is 7.72. The van der Waals surface area contributed by atoms with Gasteiger partial charge in [0.15, 0.2) is 0 Å². The fourth-order valence-electron chi connectivity index (χ4n) is 8.83. The molecule has 8 aromatic carbocycles. The molecule has 0 saturated carbocycles. The molecule has 0 aliphatic carbocycles. The van der Waals surface area contributed by atoms with Crippen LogP contribution in [0.2, 0.25) is 0 Å². The summed E-state index contributed by atoms with van der Waals surface area (Å²) < 4.78 is 0. The monoisotopic (exact) mass is 913 g/mol. The van der Waals surface area contributed by atoms with Gasteiger partial charge in [-0.15, -0.1) is 6.58 Å². The molecule has 342 valence electrons. The molecule has 0 bridgehead atoms. The minimum Gasteiger partial charge on any atom is -0.256 e. The Kier molecular flexibility index (Phi) is 14.5. The minimum atomic E-state index is 0.923. The summed E-state index contributed by atoms with van der Waals surface area (Å²) in [6.07, 6.45) is 11.5. The second-order valence-corrected chi connectivity index (χ2v) is 17.4. The zero-order valence-electron chi connectivity index (χ0n) is 40.6. The Hall–Kier alpha value is -9.05. The van der Waals surface area contributed by atoms with E-state index in [2.05, 4.69) is 219 Å². The predicted molar refractivity (Wildman–Crippen MR) is 305 cm³/mol. The summed E-state index contributed by atoms with van der Waals surface area (Å²) in [5.74, 6) is 0. The summed E-state index contributed by atoms with van der Waals surface area (Å²) in [6.45, 7) is 17.6. The average Bonchev–Trinajstić information content (AvgIpc) is 3.44. The molecule has 3 heteroatoms. The topological polar surface area (TPSA) is 38.7 Å². The van der Waals surface area contributed by atoms with Crippen molar-refractivity contribution in [3.05, 3.63) is 279 Å². The maximum absolute atomic E-state index is 4.97. The fraction of sp³-hybridized carbons (Fsp3) is 0.0441. The molecule has 0 N–H and O–H groups in total. The summed E-state index contributed by atoms with van der Waals surface area (Å²) >= 11 is 0. The molecular formula is C68H55N3. The van der Waals surface area contributed by atoms with Crippen LogP contribution in [0.4, 0.5) is 0 Å². The fourth-order valence-corrected chi connectivity index (χ4v) is 8.83. The Balaban J connectivity index is 0.000000210. The van der Waals surface area contributed by atoms with E-state index in [4.69, 9.17) is 4.98 Å². The molecule has 0 fully saturated rings. The molecule has 0 spiro atoms. The quantitative estimate of drug-likeness (QED) is 0.0779. The van der Waals surface area contributed by atoms with Gasteiger partial charge in [0.2, 0.25) is 0 Å². The highest BCUT2D eigenvalue weighted by molar-refractivity contribution is 6.27. The van der Waals surface area contributed by atoms with Gasteiger partial charge in [-0.1, -0.05) is 213 Å². The molecule has 3 heterocycles. The summed E-state index contributed by atoms with van der Waals surface area (Å²) in [7, 11) is 0. The lowest BCUT2D eigenvalue weighted by Gasteiger charge is -2.17. The van der Waals surface area contributed by atoms with Gasteiger partial charge in [-0.05, 0) is 128 Å². The Morgan fingerprint density at radius 3 is 1.28 bits per heavy atom. The molecule has 11 rings (SSSR count). The van der Waals surface area contributed by atoms with Crippen molar-refractivity contribution < 1.29 is 0 Å². The summed E-state index contributed by atoms with van der Waals surface area (Å²) in [6, 6.07) is 72.6. The molecule has 0 amide bonds. The van der Waals surface area contributed by atoms with Gasteiger partial charge in [-0.3, -0.25) is 9.97 Å². The number of nitrogens with zero attached hydrogens (tertiary/aromatic N) is 3. The molecule has 71 heavy (non-hydrogen) atoms. The molecule has 0 unspecified atom stereocenters. The number of hydrogen-bond donors (Lipinski definition) is 0. The third-order valence-electron chi connectivity index (χ3n) is 12.7. The van der Waals surface area contributed by atoms with Crippen molar-refractivity contribution in [1.82, 2.24) is 15.0 Å². The second kappa shape index (κ2) is 21.9. The lowest BCUT2D eigenvalue weighted by atomic mass is 9.87. The zero-order chi connectivity index (χ0) is 49.1. The second-order valence-electron chi connectivity index (χ2n) is 17.4. The SMILES string of the molecule is C=C(/C=C\C(C)=C\C)C(=C)c1ccc(-c2ccccn2)cc1.C=CC.c1ccc(-c2cccc(-c3ccc(-c4ccc5ccc6c(-c7ccc(-c8ccccn8)cc7)ccc7ccc4c5c76)cc3)n2)cc1. The van der Waals surface area contributed by atoms with E-state index in [1.54, 1.807) is 12.3 Å². The van der Waals surface area contributed by atoms with E-state index in [1.165, 1.54) is 60.1 Å². The molecule has 0 radical (unpaired) electrons. The molecule has 0 aliphatic heterocycles. The average molecular weight is 914 g/mol. The molecule has 0 aliphatic rings. The third kappa shape index (κ3) is 10.5. The Morgan fingerprint density at radius 1 is 0.408 bits per heavy atom. The van der Waals surface area contributed by atoms with Gasteiger partial charge >= 0.3 is 0 Å². The van der Waals surface area contributed by atoms with Crippen molar-refractivity contribution in [3.63, 3.8) is 0 Å². The Bertz CT molecular complexity index is 3660. The molecule has 11 aromatic rings. The Morgan fingerprint density at radius 2 is 0.817 bits per heavy atom. The first-order chi connectivity index (χ1) is 34.8. The lowest BCUT2D eigenvalue weighted by Crippen LogP contribution is -1.90. The lowest BCUT2D eigenvalue weighted by molar-refractivity contribution is 1.32. The summed E-state index contributed by atoms with van der Waals surface area (Å²) in [4.78, 5) is 13.9. The summed E-state index contributed by atoms with van der Waals surface area (Å²) in [5.41, 5.74) is 17.4. The van der Waals surface area contributed by atoms with Crippen LogP contribution >= 0.6 is 0 Å². The first-order valence-electron chi connectivity index (χ1n) is 24.0. The van der Waals surface area contributed by atoms with Crippen LogP contribution in [0.15, 0.2) is 274 Å². The smallest absolute Gasteiger partial charge is 0.0709 e. The maximum Gasteiger partial charge on any atom is 0.0709 e. The highest BCUT2D eigenvalue weighted by Gasteiger charge is 2.16. The van der Waals surface area contributed by atoms with Gasteiger partial charge in [0.1, 0.15) is 0 Å². The van der Waals surface area contributed by atoms with E-state index >= 15 is 0 Å². The van der Waals surface area contributed by atoms with Gasteiger partial charge in [-0.2, -0.15) is 0 Å². The number of pyridine rings is 3. The predicted octanol–water partition coefficient (Wildman–Crippen LogP) is 18.7. The molecular weight excluding hydrogens is 859 g/mol. The molecule has 0 atom stereocenters. The van der Waals surface area contributed by atoms with Crippen molar-refractivity contribution in [3.8, 4) is 67.3 Å². The standard InChI is InChI=1S/C44H28N2.C21H21N.C3H6/c1-2-7-31(8-3-1)41-10-6-11-42(46-41)33-18-14-30(15-19-33)37-25-21-35-22-26-38-36(24-20-34-23-27-39(37)44(35)43(34)38)29-12-16-32(17-13-29)40-9-4-5-28-45-40;1-5-16(2)9-10-17(3)18(4)19-11-13-20(14-12-19)21-8-6-7-15-22-21;1-3-2/h1-28H;5-15H,3-4H2,1-2H3;3H,1H2,2H3/b;10-9-,16-5+;. The molecule has 0 saturated heterocycles. The number of aromatic nitrogens is 3. The van der Waals surface area contributed by atoms with Crippen LogP contribution in [-0.4, -0.2) is 15.0 Å². The molecule has 3 aromatic heterocycles. The van der Waals surface area contributed by atoms with Crippen LogP contribution in [-0.2, 0) is 0 Å². The van der Waals surface area contributed by atoms with Crippen LogP contribution in [0.1, 0.15) is 26.3 Å². The highest BCUT2D eigenvalue weighted by atomic mass is 14.7. The van der Waals surface area contributed by atoms with E-state index in [1.807, 2.05) is 62.5 Å². The van der Waals surface area contributed by atoms with Crippen LogP contribution in [0.25, 0.3) is 105 Å².